The topological polar surface area (TPSA) is 59.8 Å². The van der Waals surface area contributed by atoms with E-state index in [9.17, 15) is 4.79 Å². The van der Waals surface area contributed by atoms with Crippen molar-refractivity contribution in [1.82, 2.24) is 14.8 Å². The van der Waals surface area contributed by atoms with Crippen LogP contribution < -0.4 is 5.32 Å². The summed E-state index contributed by atoms with van der Waals surface area (Å²) < 4.78 is 2.24. The van der Waals surface area contributed by atoms with Crippen LogP contribution in [-0.2, 0) is 4.79 Å². The van der Waals surface area contributed by atoms with E-state index in [2.05, 4.69) is 46.1 Å². The Bertz CT molecular complexity index is 763. The zero-order valence-electron chi connectivity index (χ0n) is 16.7. The van der Waals surface area contributed by atoms with Crippen molar-refractivity contribution in [3.05, 3.63) is 35.7 Å². The molecule has 0 aliphatic heterocycles. The van der Waals surface area contributed by atoms with E-state index >= 15 is 0 Å². The van der Waals surface area contributed by atoms with Gasteiger partial charge in [-0.15, -0.1) is 10.2 Å². The van der Waals surface area contributed by atoms with Crippen LogP contribution in [0.25, 0.3) is 0 Å². The van der Waals surface area contributed by atoms with Crippen molar-refractivity contribution in [1.29, 1.82) is 0 Å². The van der Waals surface area contributed by atoms with Gasteiger partial charge < -0.3 is 9.88 Å². The molecule has 3 rings (SSSR count). The number of nitrogens with zero attached hydrogens (tertiary/aromatic N) is 3. The maximum absolute atomic E-state index is 12.6. The average Bonchev–Trinajstić information content (AvgIpc) is 3.03. The predicted octanol–water partition coefficient (Wildman–Crippen LogP) is 5.33. The first kappa shape index (κ1) is 19.9. The summed E-state index contributed by atoms with van der Waals surface area (Å²) in [6, 6.07) is 8.55. The van der Waals surface area contributed by atoms with E-state index in [1.807, 2.05) is 26.0 Å². The third kappa shape index (κ3) is 4.92. The third-order valence-corrected chi connectivity index (χ3v) is 6.33. The minimum absolute atomic E-state index is 0.00635. The highest BCUT2D eigenvalue weighted by Gasteiger charge is 2.24. The quantitative estimate of drug-likeness (QED) is 0.681. The summed E-state index contributed by atoms with van der Waals surface area (Å²) in [5.74, 6) is 1.42. The number of nitrogens with one attached hydrogen (secondary N) is 1. The molecule has 1 fully saturated rings. The van der Waals surface area contributed by atoms with E-state index in [4.69, 9.17) is 0 Å². The number of carbonyl (C=O) groups is 1. The number of anilines is 1. The zero-order chi connectivity index (χ0) is 19.4. The van der Waals surface area contributed by atoms with Crippen molar-refractivity contribution in [2.75, 3.05) is 5.32 Å². The van der Waals surface area contributed by atoms with E-state index in [1.165, 1.54) is 49.4 Å². The van der Waals surface area contributed by atoms with Crippen molar-refractivity contribution in [2.24, 2.45) is 0 Å². The lowest BCUT2D eigenvalue weighted by Crippen LogP contribution is -2.23. The molecule has 5 nitrogen and oxygen atoms in total. The van der Waals surface area contributed by atoms with E-state index < -0.39 is 0 Å². The molecule has 0 unspecified atom stereocenters. The summed E-state index contributed by atoms with van der Waals surface area (Å²) in [5, 5.41) is 12.3. The number of hydrogen-bond donors (Lipinski definition) is 1. The minimum Gasteiger partial charge on any atom is -0.325 e. The van der Waals surface area contributed by atoms with Crippen molar-refractivity contribution in [3.63, 3.8) is 0 Å². The van der Waals surface area contributed by atoms with Gasteiger partial charge in [0.2, 0.25) is 5.91 Å². The van der Waals surface area contributed by atoms with Crippen LogP contribution in [0, 0.1) is 6.92 Å². The number of thioether (sulfide) groups is 1. The maximum Gasteiger partial charge on any atom is 0.237 e. The van der Waals surface area contributed by atoms with E-state index in [-0.39, 0.29) is 11.2 Å². The van der Waals surface area contributed by atoms with Gasteiger partial charge in [0.1, 0.15) is 5.82 Å². The summed E-state index contributed by atoms with van der Waals surface area (Å²) in [4.78, 5) is 12.6. The monoisotopic (exact) mass is 386 g/mol. The van der Waals surface area contributed by atoms with Crippen molar-refractivity contribution in [2.45, 2.75) is 82.2 Å². The number of aryl methyl sites for hydroxylation is 1. The summed E-state index contributed by atoms with van der Waals surface area (Å²) in [5.41, 5.74) is 2.10. The molecule has 0 saturated heterocycles. The normalized spacial score (nSPS) is 16.5. The summed E-state index contributed by atoms with van der Waals surface area (Å²) in [6.45, 7) is 8.26. The molecule has 1 aromatic heterocycles. The Hall–Kier alpha value is -1.82. The molecule has 0 radical (unpaired) electrons. The Balaban J connectivity index is 1.64. The highest BCUT2D eigenvalue weighted by Crippen LogP contribution is 2.33. The number of rotatable bonds is 6. The van der Waals surface area contributed by atoms with E-state index in [0.717, 1.165) is 16.7 Å². The molecule has 1 N–H and O–H groups in total. The number of aromatic nitrogens is 3. The van der Waals surface area contributed by atoms with Crippen LogP contribution in [0.1, 0.15) is 76.2 Å². The van der Waals surface area contributed by atoms with Gasteiger partial charge in [0.15, 0.2) is 5.16 Å². The largest absolute Gasteiger partial charge is 0.325 e. The Morgan fingerprint density at radius 3 is 2.41 bits per heavy atom. The molecule has 6 heteroatoms. The lowest BCUT2D eigenvalue weighted by Gasteiger charge is -2.25. The summed E-state index contributed by atoms with van der Waals surface area (Å²) >= 11 is 1.50. The summed E-state index contributed by atoms with van der Waals surface area (Å²) in [7, 11) is 0. The lowest BCUT2D eigenvalue weighted by molar-refractivity contribution is -0.115. The van der Waals surface area contributed by atoms with Gasteiger partial charge in [-0.3, -0.25) is 4.79 Å². The Morgan fingerprint density at radius 1 is 1.11 bits per heavy atom. The number of hydrogen-bond acceptors (Lipinski definition) is 4. The fraction of sp³-hybridized carbons (Fsp3) is 0.571. The highest BCUT2D eigenvalue weighted by molar-refractivity contribution is 8.00. The molecule has 146 valence electrons. The third-order valence-electron chi connectivity index (χ3n) is 5.27. The van der Waals surface area contributed by atoms with Crippen molar-refractivity contribution >= 4 is 23.4 Å². The van der Waals surface area contributed by atoms with Gasteiger partial charge in [-0.1, -0.05) is 57.0 Å². The molecule has 1 amide bonds. The zero-order valence-corrected chi connectivity index (χ0v) is 17.6. The van der Waals surface area contributed by atoms with E-state index in [1.54, 1.807) is 0 Å². The first-order valence-corrected chi connectivity index (χ1v) is 10.8. The highest BCUT2D eigenvalue weighted by atomic mass is 32.2. The second-order valence-electron chi connectivity index (χ2n) is 7.72. The van der Waals surface area contributed by atoms with Gasteiger partial charge in [-0.05, 0) is 50.3 Å². The predicted molar refractivity (Wildman–Crippen MR) is 111 cm³/mol. The van der Waals surface area contributed by atoms with Gasteiger partial charge in [0, 0.05) is 11.7 Å². The Labute approximate surface area is 166 Å². The second-order valence-corrected chi connectivity index (χ2v) is 9.03. The smallest absolute Gasteiger partial charge is 0.237 e. The number of amides is 1. The Morgan fingerprint density at radius 2 is 1.78 bits per heavy atom. The van der Waals surface area contributed by atoms with Gasteiger partial charge in [-0.2, -0.15) is 0 Å². The standard InChI is InChI=1S/C21H30N4OS/c1-14(2)17-10-12-18(13-11-17)22-20(26)15(3)27-21-24-23-16(4)25(21)19-8-6-5-7-9-19/h10-15,19H,5-9H2,1-4H3,(H,22,26)/t15-/m1/s1. The number of carbonyl (C=O) groups excluding carboxylic acids is 1. The first-order valence-electron chi connectivity index (χ1n) is 9.94. The summed E-state index contributed by atoms with van der Waals surface area (Å²) in [6.07, 6.45) is 6.18. The maximum atomic E-state index is 12.6. The average molecular weight is 387 g/mol. The molecule has 0 bridgehead atoms. The molecule has 1 aliphatic carbocycles. The molecular weight excluding hydrogens is 356 g/mol. The Kier molecular flexibility index (Phi) is 6.58. The van der Waals surface area contributed by atoms with Crippen LogP contribution in [0.15, 0.2) is 29.4 Å². The molecule has 2 aromatic rings. The van der Waals surface area contributed by atoms with Gasteiger partial charge >= 0.3 is 0 Å². The molecule has 1 aliphatic rings. The van der Waals surface area contributed by atoms with Crippen LogP contribution in [0.2, 0.25) is 0 Å². The molecular formula is C21H30N4OS. The van der Waals surface area contributed by atoms with Crippen LogP contribution >= 0.6 is 11.8 Å². The van der Waals surface area contributed by atoms with Crippen LogP contribution in [0.3, 0.4) is 0 Å². The number of benzene rings is 1. The minimum atomic E-state index is -0.235. The van der Waals surface area contributed by atoms with Crippen molar-refractivity contribution in [3.8, 4) is 0 Å². The van der Waals surface area contributed by atoms with Crippen LogP contribution in [0.4, 0.5) is 5.69 Å². The van der Waals surface area contributed by atoms with Gasteiger partial charge in [0.25, 0.3) is 0 Å². The van der Waals surface area contributed by atoms with Gasteiger partial charge in [0.05, 0.1) is 5.25 Å². The first-order chi connectivity index (χ1) is 13.0. The molecule has 1 atom stereocenters. The SMILES string of the molecule is Cc1nnc(S[C@H](C)C(=O)Nc2ccc(C(C)C)cc2)n1C1CCCCC1. The fourth-order valence-corrected chi connectivity index (χ4v) is 4.56. The van der Waals surface area contributed by atoms with E-state index in [0.29, 0.717) is 12.0 Å². The second kappa shape index (κ2) is 8.91. The van der Waals surface area contributed by atoms with Crippen LogP contribution in [0.5, 0.6) is 0 Å². The molecule has 0 spiro atoms. The molecule has 1 saturated carbocycles. The molecule has 1 heterocycles. The fourth-order valence-electron chi connectivity index (χ4n) is 3.60. The van der Waals surface area contributed by atoms with Gasteiger partial charge in [-0.25, -0.2) is 0 Å². The van der Waals surface area contributed by atoms with Crippen LogP contribution in [-0.4, -0.2) is 25.9 Å². The van der Waals surface area contributed by atoms with Crippen molar-refractivity contribution < 1.29 is 4.79 Å². The molecule has 1 aromatic carbocycles. The lowest BCUT2D eigenvalue weighted by atomic mass is 9.95. The molecule has 27 heavy (non-hydrogen) atoms.